The van der Waals surface area contributed by atoms with E-state index in [-0.39, 0.29) is 24.1 Å². The topological polar surface area (TPSA) is 66.8 Å². The molecule has 16 heavy (non-hydrogen) atoms. The molecular formula is C10H21NO4S. The monoisotopic (exact) mass is 251 g/mol. The zero-order chi connectivity index (χ0) is 12.4. The van der Waals surface area contributed by atoms with Crippen LogP contribution >= 0.6 is 0 Å². The fraction of sp³-hybridized carbons (Fsp3) is 1.00. The molecule has 0 aromatic rings. The number of aliphatic hydroxyl groups excluding tert-OH is 1. The van der Waals surface area contributed by atoms with Crippen LogP contribution in [0.5, 0.6) is 0 Å². The van der Waals surface area contributed by atoms with E-state index in [2.05, 4.69) is 0 Å². The highest BCUT2D eigenvalue weighted by Crippen LogP contribution is 2.20. The first-order valence-corrected chi connectivity index (χ1v) is 7.47. The molecular weight excluding hydrogens is 230 g/mol. The van der Waals surface area contributed by atoms with Gasteiger partial charge in [-0.25, -0.2) is 8.42 Å². The van der Waals surface area contributed by atoms with Gasteiger partial charge in [0.05, 0.1) is 24.1 Å². The second-order valence-electron chi connectivity index (χ2n) is 5.05. The standard InChI is InChI=1S/C10H21NO4S/c1-10(2)8-11(4-5-16(3,13)14)6-9(7-12)15-10/h9,12H,4-8H2,1-3H3. The Morgan fingerprint density at radius 3 is 2.62 bits per heavy atom. The minimum atomic E-state index is -2.93. The van der Waals surface area contributed by atoms with E-state index >= 15 is 0 Å². The summed E-state index contributed by atoms with van der Waals surface area (Å²) in [6.45, 7) is 5.65. The van der Waals surface area contributed by atoms with Crippen molar-refractivity contribution in [3.8, 4) is 0 Å². The van der Waals surface area contributed by atoms with Crippen LogP contribution in [0.3, 0.4) is 0 Å². The Bertz CT molecular complexity index is 326. The number of hydrogen-bond acceptors (Lipinski definition) is 5. The van der Waals surface area contributed by atoms with Crippen molar-refractivity contribution >= 4 is 9.84 Å². The maximum atomic E-state index is 11.1. The highest BCUT2D eigenvalue weighted by Gasteiger charge is 2.32. The van der Waals surface area contributed by atoms with E-state index in [1.54, 1.807) is 0 Å². The lowest BCUT2D eigenvalue weighted by atomic mass is 10.1. The highest BCUT2D eigenvalue weighted by molar-refractivity contribution is 7.90. The van der Waals surface area contributed by atoms with Gasteiger partial charge in [0.25, 0.3) is 0 Å². The van der Waals surface area contributed by atoms with Crippen LogP contribution in [0.1, 0.15) is 13.8 Å². The van der Waals surface area contributed by atoms with E-state index in [4.69, 9.17) is 9.84 Å². The van der Waals surface area contributed by atoms with Crippen LogP contribution < -0.4 is 0 Å². The van der Waals surface area contributed by atoms with Crippen LogP contribution in [0.4, 0.5) is 0 Å². The SMILES string of the molecule is CC1(C)CN(CCS(C)(=O)=O)CC(CO)O1. The van der Waals surface area contributed by atoms with Gasteiger partial charge in [-0.3, -0.25) is 4.90 Å². The van der Waals surface area contributed by atoms with Gasteiger partial charge in [-0.1, -0.05) is 0 Å². The molecule has 5 nitrogen and oxygen atoms in total. The van der Waals surface area contributed by atoms with E-state index in [0.717, 1.165) is 0 Å². The number of morpholine rings is 1. The molecule has 6 heteroatoms. The van der Waals surface area contributed by atoms with Crippen molar-refractivity contribution in [3.05, 3.63) is 0 Å². The van der Waals surface area contributed by atoms with Gasteiger partial charge in [-0.2, -0.15) is 0 Å². The van der Waals surface area contributed by atoms with Crippen LogP contribution in [0.25, 0.3) is 0 Å². The Morgan fingerprint density at radius 1 is 1.50 bits per heavy atom. The summed E-state index contributed by atoms with van der Waals surface area (Å²) in [4.78, 5) is 2.03. The molecule has 1 aliphatic heterocycles. The largest absolute Gasteiger partial charge is 0.394 e. The summed E-state index contributed by atoms with van der Waals surface area (Å²) in [5.41, 5.74) is -0.330. The molecule has 0 aliphatic carbocycles. The molecule has 0 aromatic carbocycles. The first-order valence-electron chi connectivity index (χ1n) is 5.41. The summed E-state index contributed by atoms with van der Waals surface area (Å²) in [7, 11) is -2.93. The van der Waals surface area contributed by atoms with Crippen molar-refractivity contribution in [2.75, 3.05) is 38.2 Å². The zero-order valence-corrected chi connectivity index (χ0v) is 11.0. The molecule has 0 bridgehead atoms. The van der Waals surface area contributed by atoms with Crippen molar-refractivity contribution in [2.24, 2.45) is 0 Å². The average molecular weight is 251 g/mol. The molecule has 1 rings (SSSR count). The van der Waals surface area contributed by atoms with E-state index in [1.165, 1.54) is 6.26 Å². The van der Waals surface area contributed by atoms with Gasteiger partial charge in [0.2, 0.25) is 0 Å². The normalized spacial score (nSPS) is 26.9. The van der Waals surface area contributed by atoms with E-state index < -0.39 is 9.84 Å². The minimum Gasteiger partial charge on any atom is -0.394 e. The summed E-state index contributed by atoms with van der Waals surface area (Å²) in [5.74, 6) is 0.154. The van der Waals surface area contributed by atoms with E-state index in [0.29, 0.717) is 19.6 Å². The van der Waals surface area contributed by atoms with Gasteiger partial charge >= 0.3 is 0 Å². The van der Waals surface area contributed by atoms with Crippen LogP contribution in [-0.2, 0) is 14.6 Å². The Kier molecular flexibility index (Phi) is 4.34. The quantitative estimate of drug-likeness (QED) is 0.730. The third kappa shape index (κ3) is 4.78. The van der Waals surface area contributed by atoms with E-state index in [9.17, 15) is 8.42 Å². The molecule has 0 aromatic heterocycles. The van der Waals surface area contributed by atoms with Gasteiger partial charge in [-0.05, 0) is 13.8 Å². The Morgan fingerprint density at radius 2 is 2.12 bits per heavy atom. The molecule has 1 aliphatic rings. The number of ether oxygens (including phenoxy) is 1. The Hall–Kier alpha value is -0.170. The molecule has 1 atom stereocenters. The second-order valence-corrected chi connectivity index (χ2v) is 7.31. The summed E-state index contributed by atoms with van der Waals surface area (Å²) in [6.07, 6.45) is 1.02. The number of nitrogens with zero attached hydrogens (tertiary/aromatic N) is 1. The van der Waals surface area contributed by atoms with Crippen molar-refractivity contribution in [2.45, 2.75) is 25.6 Å². The predicted molar refractivity (Wildman–Crippen MR) is 62.2 cm³/mol. The highest BCUT2D eigenvalue weighted by atomic mass is 32.2. The molecule has 0 amide bonds. The van der Waals surface area contributed by atoms with Crippen molar-refractivity contribution in [1.29, 1.82) is 0 Å². The fourth-order valence-electron chi connectivity index (χ4n) is 1.98. The summed E-state index contributed by atoms with van der Waals surface area (Å²) in [6, 6.07) is 0. The van der Waals surface area contributed by atoms with Crippen molar-refractivity contribution in [1.82, 2.24) is 4.90 Å². The molecule has 0 radical (unpaired) electrons. The molecule has 0 spiro atoms. The predicted octanol–water partition coefficient (Wildman–Crippen LogP) is -0.497. The lowest BCUT2D eigenvalue weighted by molar-refractivity contribution is -0.147. The van der Waals surface area contributed by atoms with Gasteiger partial charge in [0.15, 0.2) is 0 Å². The van der Waals surface area contributed by atoms with Crippen LogP contribution in [0.15, 0.2) is 0 Å². The van der Waals surface area contributed by atoms with Gasteiger partial charge in [0, 0.05) is 25.9 Å². The third-order valence-corrected chi connectivity index (χ3v) is 3.46. The molecule has 1 heterocycles. The van der Waals surface area contributed by atoms with Crippen LogP contribution in [-0.4, -0.2) is 68.4 Å². The summed E-state index contributed by atoms with van der Waals surface area (Å²) >= 11 is 0. The number of rotatable bonds is 4. The molecule has 1 N–H and O–H groups in total. The number of sulfone groups is 1. The lowest BCUT2D eigenvalue weighted by Gasteiger charge is -2.42. The summed E-state index contributed by atoms with van der Waals surface area (Å²) in [5, 5.41) is 9.10. The van der Waals surface area contributed by atoms with Gasteiger partial charge < -0.3 is 9.84 Å². The first-order chi connectivity index (χ1) is 7.22. The number of hydrogen-bond donors (Lipinski definition) is 1. The third-order valence-electron chi connectivity index (χ3n) is 2.53. The van der Waals surface area contributed by atoms with Crippen LogP contribution in [0, 0.1) is 0 Å². The van der Waals surface area contributed by atoms with Crippen molar-refractivity contribution < 1.29 is 18.3 Å². The maximum absolute atomic E-state index is 11.1. The van der Waals surface area contributed by atoms with Gasteiger partial charge in [0.1, 0.15) is 9.84 Å². The molecule has 1 saturated heterocycles. The fourth-order valence-corrected chi connectivity index (χ4v) is 2.57. The molecule has 96 valence electrons. The Balaban J connectivity index is 2.53. The van der Waals surface area contributed by atoms with Crippen molar-refractivity contribution in [3.63, 3.8) is 0 Å². The second kappa shape index (κ2) is 5.00. The van der Waals surface area contributed by atoms with E-state index in [1.807, 2.05) is 18.7 Å². The first kappa shape index (κ1) is 13.9. The lowest BCUT2D eigenvalue weighted by Crippen LogP contribution is -2.54. The smallest absolute Gasteiger partial charge is 0.148 e. The van der Waals surface area contributed by atoms with Crippen LogP contribution in [0.2, 0.25) is 0 Å². The van der Waals surface area contributed by atoms with Gasteiger partial charge in [-0.15, -0.1) is 0 Å². The number of aliphatic hydroxyl groups is 1. The molecule has 0 saturated carbocycles. The molecule has 1 unspecified atom stereocenters. The summed E-state index contributed by atoms with van der Waals surface area (Å²) < 4.78 is 27.8. The zero-order valence-electron chi connectivity index (χ0n) is 10.1. The average Bonchev–Trinajstić information content (AvgIpc) is 2.11. The maximum Gasteiger partial charge on any atom is 0.148 e. The molecule has 1 fully saturated rings. The minimum absolute atomic E-state index is 0.0290. The Labute approximate surface area is 97.3 Å².